The quantitative estimate of drug-likeness (QED) is 0.477. The van der Waals surface area contributed by atoms with Crippen molar-refractivity contribution in [1.29, 1.82) is 0 Å². The summed E-state index contributed by atoms with van der Waals surface area (Å²) in [5.74, 6) is 1.52. The Morgan fingerprint density at radius 3 is 2.39 bits per heavy atom. The minimum atomic E-state index is -0.921. The fraction of sp³-hybridized carbons (Fsp3) is 0.926. The summed E-state index contributed by atoms with van der Waals surface area (Å²) in [7, 11) is 0. The molecule has 4 nitrogen and oxygen atoms in total. The smallest absolute Gasteiger partial charge is 0.0677 e. The van der Waals surface area contributed by atoms with Gasteiger partial charge in [-0.3, -0.25) is 0 Å². The lowest BCUT2D eigenvalue weighted by Crippen LogP contribution is -2.54. The maximum atomic E-state index is 11.6. The molecule has 0 bridgehead atoms. The van der Waals surface area contributed by atoms with Crippen LogP contribution in [0.5, 0.6) is 0 Å². The van der Waals surface area contributed by atoms with Gasteiger partial charge in [-0.15, -0.1) is 0 Å². The molecule has 3 saturated carbocycles. The summed E-state index contributed by atoms with van der Waals surface area (Å²) in [6, 6.07) is 0. The van der Waals surface area contributed by atoms with Gasteiger partial charge >= 0.3 is 0 Å². The molecule has 0 aromatic carbocycles. The number of hydrogen-bond donors (Lipinski definition) is 4. The molecule has 4 heteroatoms. The third kappa shape index (κ3) is 4.05. The molecule has 5 unspecified atom stereocenters. The highest BCUT2D eigenvalue weighted by Crippen LogP contribution is 2.67. The molecule has 3 fully saturated rings. The summed E-state index contributed by atoms with van der Waals surface area (Å²) < 4.78 is 0. The molecule has 31 heavy (non-hydrogen) atoms. The van der Waals surface area contributed by atoms with E-state index in [0.29, 0.717) is 30.6 Å². The summed E-state index contributed by atoms with van der Waals surface area (Å²) in [6.45, 7) is 10.3. The van der Waals surface area contributed by atoms with Crippen molar-refractivity contribution in [2.24, 2.45) is 34.5 Å². The molecule has 0 saturated heterocycles. The van der Waals surface area contributed by atoms with E-state index >= 15 is 0 Å². The Kier molecular flexibility index (Phi) is 5.99. The highest BCUT2D eigenvalue weighted by molar-refractivity contribution is 5.26. The van der Waals surface area contributed by atoms with Gasteiger partial charge in [0.25, 0.3) is 0 Å². The highest BCUT2D eigenvalue weighted by Gasteiger charge is 2.64. The third-order valence-electron chi connectivity index (χ3n) is 10.2. The molecule has 4 aliphatic carbocycles. The van der Waals surface area contributed by atoms with Crippen LogP contribution in [0.2, 0.25) is 0 Å². The van der Waals surface area contributed by atoms with Gasteiger partial charge < -0.3 is 20.4 Å². The number of allylic oxidation sites excluding steroid dienone is 1. The Hall–Kier alpha value is -0.420. The van der Waals surface area contributed by atoms with Gasteiger partial charge in [-0.2, -0.15) is 0 Å². The van der Waals surface area contributed by atoms with E-state index in [1.54, 1.807) is 0 Å². The monoisotopic (exact) mass is 434 g/mol. The second-order valence-corrected chi connectivity index (χ2v) is 13.0. The molecule has 9 atom stereocenters. The molecule has 4 aliphatic rings. The first kappa shape index (κ1) is 23.7. The van der Waals surface area contributed by atoms with Crippen molar-refractivity contribution in [3.8, 4) is 0 Å². The molecule has 0 aliphatic heterocycles. The molecule has 0 aromatic rings. The lowest BCUT2D eigenvalue weighted by atomic mass is 9.46. The second kappa shape index (κ2) is 7.82. The summed E-state index contributed by atoms with van der Waals surface area (Å²) in [5, 5.41) is 43.1. The maximum Gasteiger partial charge on any atom is 0.0677 e. The fourth-order valence-corrected chi connectivity index (χ4v) is 8.81. The summed E-state index contributed by atoms with van der Waals surface area (Å²) in [5.41, 5.74) is -0.0134. The Morgan fingerprint density at radius 1 is 1.00 bits per heavy atom. The van der Waals surface area contributed by atoms with Gasteiger partial charge in [0.05, 0.1) is 23.4 Å². The van der Waals surface area contributed by atoms with Crippen LogP contribution in [0, 0.1) is 34.5 Å². The molecule has 178 valence electrons. The topological polar surface area (TPSA) is 80.9 Å². The Bertz CT molecular complexity index is 707. The zero-order chi connectivity index (χ0) is 22.8. The van der Waals surface area contributed by atoms with Crippen molar-refractivity contribution < 1.29 is 20.4 Å². The van der Waals surface area contributed by atoms with Crippen LogP contribution >= 0.6 is 0 Å². The average Bonchev–Trinajstić information content (AvgIpc) is 2.92. The van der Waals surface area contributed by atoms with E-state index in [4.69, 9.17) is 0 Å². The molecule has 4 N–H and O–H groups in total. The molecular weight excluding hydrogens is 388 g/mol. The van der Waals surface area contributed by atoms with Gasteiger partial charge in [-0.25, -0.2) is 0 Å². The van der Waals surface area contributed by atoms with Crippen molar-refractivity contribution in [2.75, 3.05) is 0 Å². The van der Waals surface area contributed by atoms with Gasteiger partial charge in [-0.1, -0.05) is 25.5 Å². The lowest BCUT2D eigenvalue weighted by Gasteiger charge is -2.58. The van der Waals surface area contributed by atoms with Crippen molar-refractivity contribution in [1.82, 2.24) is 0 Å². The lowest BCUT2D eigenvalue weighted by molar-refractivity contribution is -0.124. The van der Waals surface area contributed by atoms with E-state index < -0.39 is 17.3 Å². The molecule has 0 amide bonds. The Labute approximate surface area is 189 Å². The van der Waals surface area contributed by atoms with Gasteiger partial charge in [0.2, 0.25) is 0 Å². The minimum Gasteiger partial charge on any atom is -0.393 e. The fourth-order valence-electron chi connectivity index (χ4n) is 8.81. The maximum absolute atomic E-state index is 11.6. The van der Waals surface area contributed by atoms with Crippen LogP contribution in [-0.2, 0) is 0 Å². The van der Waals surface area contributed by atoms with E-state index in [1.807, 2.05) is 20.8 Å². The molecular formula is C27H46O4. The van der Waals surface area contributed by atoms with E-state index in [0.717, 1.165) is 51.4 Å². The van der Waals surface area contributed by atoms with Crippen LogP contribution in [-0.4, -0.2) is 43.8 Å². The standard InChI is InChI=1S/C27H46O4/c1-24(2,30)11-6-12-27(5,31)23-22(29)16-21-19-8-7-17-15-18(28)9-13-25(17,3)20(19)10-14-26(21,23)4/h7,18-23,28-31H,6,8-16H2,1-5H3/t18-,19?,20?,21?,22-,23?,25-,26-,27?/m0/s1. The molecule has 0 aromatic heterocycles. The molecule has 4 rings (SSSR count). The van der Waals surface area contributed by atoms with Crippen LogP contribution in [0.15, 0.2) is 11.6 Å². The second-order valence-electron chi connectivity index (χ2n) is 13.0. The van der Waals surface area contributed by atoms with E-state index in [9.17, 15) is 20.4 Å². The van der Waals surface area contributed by atoms with E-state index in [-0.39, 0.29) is 22.9 Å². The van der Waals surface area contributed by atoms with Crippen molar-refractivity contribution in [3.63, 3.8) is 0 Å². The molecule has 0 radical (unpaired) electrons. The van der Waals surface area contributed by atoms with Crippen molar-refractivity contribution in [3.05, 3.63) is 11.6 Å². The number of fused-ring (bicyclic) bond motifs is 5. The van der Waals surface area contributed by atoms with Gasteiger partial charge in [-0.05, 0) is 114 Å². The van der Waals surface area contributed by atoms with Crippen LogP contribution in [0.1, 0.15) is 98.8 Å². The van der Waals surface area contributed by atoms with Gasteiger partial charge in [0.15, 0.2) is 0 Å². The van der Waals surface area contributed by atoms with Crippen LogP contribution in [0.25, 0.3) is 0 Å². The predicted molar refractivity (Wildman–Crippen MR) is 123 cm³/mol. The summed E-state index contributed by atoms with van der Waals surface area (Å²) in [4.78, 5) is 0. The zero-order valence-corrected chi connectivity index (χ0v) is 20.4. The van der Waals surface area contributed by atoms with Crippen LogP contribution in [0.4, 0.5) is 0 Å². The van der Waals surface area contributed by atoms with Crippen LogP contribution < -0.4 is 0 Å². The summed E-state index contributed by atoms with van der Waals surface area (Å²) >= 11 is 0. The summed E-state index contributed by atoms with van der Waals surface area (Å²) in [6.07, 6.45) is 10.7. The highest BCUT2D eigenvalue weighted by atomic mass is 16.3. The normalized spacial score (nSPS) is 47.1. The minimum absolute atomic E-state index is 0.0469. The first-order chi connectivity index (χ1) is 14.3. The van der Waals surface area contributed by atoms with E-state index in [2.05, 4.69) is 19.9 Å². The number of aliphatic hydroxyl groups is 4. The number of aliphatic hydroxyl groups excluding tert-OH is 2. The number of rotatable bonds is 5. The van der Waals surface area contributed by atoms with Crippen molar-refractivity contribution in [2.45, 2.75) is 122 Å². The first-order valence-corrected chi connectivity index (χ1v) is 12.8. The van der Waals surface area contributed by atoms with Crippen molar-refractivity contribution >= 4 is 0 Å². The molecule has 0 heterocycles. The van der Waals surface area contributed by atoms with Crippen LogP contribution in [0.3, 0.4) is 0 Å². The number of hydrogen-bond acceptors (Lipinski definition) is 4. The first-order valence-electron chi connectivity index (χ1n) is 12.8. The Balaban J connectivity index is 1.56. The predicted octanol–water partition coefficient (Wildman–Crippen LogP) is 4.59. The van der Waals surface area contributed by atoms with E-state index in [1.165, 1.54) is 5.57 Å². The molecule has 0 spiro atoms. The Morgan fingerprint density at radius 2 is 1.71 bits per heavy atom. The SMILES string of the molecule is CC(C)(O)CCCC(C)(O)C1[C@@H](O)CC2C3CC=C4C[C@@H](O)CC[C@]4(C)C3CC[C@@]21C. The zero-order valence-electron chi connectivity index (χ0n) is 20.4. The van der Waals surface area contributed by atoms with Gasteiger partial charge in [0.1, 0.15) is 0 Å². The average molecular weight is 435 g/mol. The van der Waals surface area contributed by atoms with Gasteiger partial charge in [0, 0.05) is 5.92 Å². The largest absolute Gasteiger partial charge is 0.393 e. The third-order valence-corrected chi connectivity index (χ3v) is 10.2.